The Kier molecular flexibility index (Phi) is 6.25. The van der Waals surface area contributed by atoms with Gasteiger partial charge in [-0.05, 0) is 0 Å². The molecular weight excluding hydrogens is 348 g/mol. The summed E-state index contributed by atoms with van der Waals surface area (Å²) in [5.74, 6) is -1.72. The van der Waals surface area contributed by atoms with Crippen molar-refractivity contribution >= 4 is 12.2 Å². The van der Waals surface area contributed by atoms with Crippen LogP contribution in [0.5, 0.6) is 17.2 Å². The Balaban J connectivity index is 2.15. The molecule has 0 bridgehead atoms. The molecule has 8 nitrogen and oxygen atoms in total. The lowest BCUT2D eigenvalue weighted by atomic mass is 10.1. The molecule has 10 heteroatoms. The van der Waals surface area contributed by atoms with Gasteiger partial charge in [-0.3, -0.25) is 0 Å². The number of allylic oxidation sites excluding steroid dienone is 1. The van der Waals surface area contributed by atoms with Crippen molar-refractivity contribution in [2.24, 2.45) is 5.73 Å². The highest BCUT2D eigenvalue weighted by molar-refractivity contribution is 5.79. The molecule has 0 radical (unpaired) electrons. The molecule has 1 aromatic carbocycles. The molecule has 0 aliphatic carbocycles. The van der Waals surface area contributed by atoms with Crippen molar-refractivity contribution in [3.8, 4) is 17.2 Å². The summed E-state index contributed by atoms with van der Waals surface area (Å²) in [6.07, 6.45) is 4.79. The standard InChI is InChI=1S/C16H17F2N5O3/c1-24-12-3-13(25-2)15(18)11(14(12)17)8-26-10-6-21-16(22-7-10)23-9(4-19)5-20/h3-7,19H,8,20H2,1-2H3,(H,21,22,23)/b9-5+,19-4?. The number of nitrogens with one attached hydrogen (secondary N) is 2. The fourth-order valence-electron chi connectivity index (χ4n) is 1.93. The highest BCUT2D eigenvalue weighted by atomic mass is 19.1. The number of rotatable bonds is 8. The normalized spacial score (nSPS) is 11.0. The van der Waals surface area contributed by atoms with Gasteiger partial charge in [0.05, 0.1) is 37.9 Å². The van der Waals surface area contributed by atoms with Crippen molar-refractivity contribution in [2.45, 2.75) is 6.61 Å². The minimum Gasteiger partial charge on any atom is -0.494 e. The number of methoxy groups -OCH3 is 2. The molecule has 1 heterocycles. The number of anilines is 1. The summed E-state index contributed by atoms with van der Waals surface area (Å²) in [4.78, 5) is 7.91. The van der Waals surface area contributed by atoms with Crippen molar-refractivity contribution in [1.29, 1.82) is 5.41 Å². The lowest BCUT2D eigenvalue weighted by molar-refractivity contribution is 0.280. The Morgan fingerprint density at radius 3 is 2.23 bits per heavy atom. The molecule has 2 aromatic rings. The van der Waals surface area contributed by atoms with Crippen LogP contribution in [-0.4, -0.2) is 30.4 Å². The summed E-state index contributed by atoms with van der Waals surface area (Å²) in [7, 11) is 2.52. The Morgan fingerprint density at radius 2 is 1.77 bits per heavy atom. The third-order valence-corrected chi connectivity index (χ3v) is 3.27. The van der Waals surface area contributed by atoms with Crippen LogP contribution in [0.15, 0.2) is 30.4 Å². The second-order valence-electron chi connectivity index (χ2n) is 4.81. The Labute approximate surface area is 148 Å². The average molecular weight is 365 g/mol. The molecular formula is C16H17F2N5O3. The number of hydrogen-bond donors (Lipinski definition) is 3. The van der Waals surface area contributed by atoms with E-state index in [1.54, 1.807) is 0 Å². The average Bonchev–Trinajstić information content (AvgIpc) is 2.67. The van der Waals surface area contributed by atoms with E-state index in [4.69, 9.17) is 25.4 Å². The van der Waals surface area contributed by atoms with E-state index in [9.17, 15) is 8.78 Å². The second-order valence-corrected chi connectivity index (χ2v) is 4.81. The zero-order valence-corrected chi connectivity index (χ0v) is 14.0. The van der Waals surface area contributed by atoms with E-state index in [1.165, 1.54) is 32.8 Å². The zero-order chi connectivity index (χ0) is 19.1. The highest BCUT2D eigenvalue weighted by Crippen LogP contribution is 2.31. The van der Waals surface area contributed by atoms with Gasteiger partial charge in [-0.1, -0.05) is 0 Å². The van der Waals surface area contributed by atoms with E-state index < -0.39 is 18.2 Å². The molecule has 0 aliphatic rings. The van der Waals surface area contributed by atoms with Crippen LogP contribution < -0.4 is 25.3 Å². The van der Waals surface area contributed by atoms with E-state index in [1.807, 2.05) is 0 Å². The van der Waals surface area contributed by atoms with Gasteiger partial charge in [-0.2, -0.15) is 0 Å². The molecule has 0 amide bonds. The number of nitrogens with zero attached hydrogens (tertiary/aromatic N) is 2. The number of hydrogen-bond acceptors (Lipinski definition) is 8. The molecule has 1 aromatic heterocycles. The molecule has 0 atom stereocenters. The van der Waals surface area contributed by atoms with Crippen LogP contribution in [0.3, 0.4) is 0 Å². The molecule has 2 rings (SSSR count). The van der Waals surface area contributed by atoms with Crippen LogP contribution in [0.4, 0.5) is 14.7 Å². The SMILES string of the molecule is COc1cc(OC)c(F)c(COc2cnc(N/C(C=N)=C/N)nc2)c1F. The van der Waals surface area contributed by atoms with Crippen LogP contribution in [0.1, 0.15) is 5.56 Å². The van der Waals surface area contributed by atoms with Gasteiger partial charge in [-0.25, -0.2) is 18.7 Å². The van der Waals surface area contributed by atoms with Gasteiger partial charge in [0.1, 0.15) is 6.61 Å². The van der Waals surface area contributed by atoms with Gasteiger partial charge in [0, 0.05) is 18.5 Å². The lowest BCUT2D eigenvalue weighted by Gasteiger charge is -2.13. The lowest BCUT2D eigenvalue weighted by Crippen LogP contribution is -2.08. The number of aromatic nitrogens is 2. The first-order chi connectivity index (χ1) is 12.5. The monoisotopic (exact) mass is 365 g/mol. The predicted molar refractivity (Wildman–Crippen MR) is 90.5 cm³/mol. The Morgan fingerprint density at radius 1 is 1.19 bits per heavy atom. The number of halogens is 2. The van der Waals surface area contributed by atoms with E-state index in [0.717, 1.165) is 12.3 Å². The second kappa shape index (κ2) is 8.60. The van der Waals surface area contributed by atoms with Gasteiger partial charge in [0.25, 0.3) is 0 Å². The number of benzene rings is 1. The summed E-state index contributed by atoms with van der Waals surface area (Å²) in [5, 5.41) is 9.80. The van der Waals surface area contributed by atoms with Crippen molar-refractivity contribution in [3.63, 3.8) is 0 Å². The maximum Gasteiger partial charge on any atom is 0.227 e. The van der Waals surface area contributed by atoms with Crippen LogP contribution in [0, 0.1) is 17.0 Å². The fraction of sp³-hybridized carbons (Fsp3) is 0.188. The van der Waals surface area contributed by atoms with Gasteiger partial charge in [0.2, 0.25) is 5.95 Å². The zero-order valence-electron chi connectivity index (χ0n) is 14.0. The van der Waals surface area contributed by atoms with Gasteiger partial charge in [-0.15, -0.1) is 0 Å². The summed E-state index contributed by atoms with van der Waals surface area (Å²) in [6.45, 7) is -0.421. The predicted octanol–water partition coefficient (Wildman–Crippen LogP) is 2.21. The largest absolute Gasteiger partial charge is 0.494 e. The molecule has 26 heavy (non-hydrogen) atoms. The van der Waals surface area contributed by atoms with Crippen LogP contribution in [-0.2, 0) is 6.61 Å². The Bertz CT molecular complexity index is 784. The highest BCUT2D eigenvalue weighted by Gasteiger charge is 2.20. The van der Waals surface area contributed by atoms with Crippen molar-refractivity contribution in [1.82, 2.24) is 9.97 Å². The quantitative estimate of drug-likeness (QED) is 0.614. The maximum absolute atomic E-state index is 14.3. The molecule has 0 aliphatic heterocycles. The van der Waals surface area contributed by atoms with Gasteiger partial charge < -0.3 is 30.7 Å². The smallest absolute Gasteiger partial charge is 0.227 e. The first-order valence-electron chi connectivity index (χ1n) is 7.27. The van der Waals surface area contributed by atoms with Crippen molar-refractivity contribution in [2.75, 3.05) is 19.5 Å². The summed E-state index contributed by atoms with van der Waals surface area (Å²) in [5.41, 5.74) is 5.25. The first kappa shape index (κ1) is 18.9. The van der Waals surface area contributed by atoms with Crippen LogP contribution in [0.25, 0.3) is 0 Å². The van der Waals surface area contributed by atoms with Crippen molar-refractivity contribution < 1.29 is 23.0 Å². The summed E-state index contributed by atoms with van der Waals surface area (Å²) in [6, 6.07) is 1.11. The topological polar surface area (TPSA) is 115 Å². The summed E-state index contributed by atoms with van der Waals surface area (Å²) < 4.78 is 43.6. The van der Waals surface area contributed by atoms with Crippen LogP contribution >= 0.6 is 0 Å². The molecule has 0 fully saturated rings. The molecule has 0 unspecified atom stereocenters. The van der Waals surface area contributed by atoms with E-state index >= 15 is 0 Å². The third kappa shape index (κ3) is 4.15. The van der Waals surface area contributed by atoms with Crippen molar-refractivity contribution in [3.05, 3.63) is 47.6 Å². The molecule has 4 N–H and O–H groups in total. The third-order valence-electron chi connectivity index (χ3n) is 3.27. The minimum absolute atomic E-state index is 0.162. The van der Waals surface area contributed by atoms with E-state index in [-0.39, 0.29) is 28.8 Å². The van der Waals surface area contributed by atoms with E-state index in [2.05, 4.69) is 15.3 Å². The molecule has 0 saturated carbocycles. The summed E-state index contributed by atoms with van der Waals surface area (Å²) >= 11 is 0. The van der Waals surface area contributed by atoms with Crippen LogP contribution in [0.2, 0.25) is 0 Å². The van der Waals surface area contributed by atoms with Gasteiger partial charge in [0.15, 0.2) is 28.9 Å². The number of nitrogens with two attached hydrogens (primary N) is 1. The van der Waals surface area contributed by atoms with E-state index in [0.29, 0.717) is 5.70 Å². The molecule has 138 valence electrons. The fourth-order valence-corrected chi connectivity index (χ4v) is 1.93. The maximum atomic E-state index is 14.3. The Hall–Kier alpha value is -3.43. The number of ether oxygens (including phenoxy) is 3. The first-order valence-corrected chi connectivity index (χ1v) is 7.27. The van der Waals surface area contributed by atoms with Gasteiger partial charge >= 0.3 is 0 Å². The minimum atomic E-state index is -0.881. The molecule has 0 saturated heterocycles. The molecule has 0 spiro atoms.